The van der Waals surface area contributed by atoms with Crippen LogP contribution in [0.1, 0.15) is 40.5 Å². The van der Waals surface area contributed by atoms with Crippen LogP contribution in [0.3, 0.4) is 0 Å². The molecule has 0 aromatic heterocycles. The monoisotopic (exact) mass is 240 g/mol. The number of methoxy groups -OCH3 is 1. The third kappa shape index (κ3) is 3.58. The summed E-state index contributed by atoms with van der Waals surface area (Å²) < 4.78 is 16.1. The maximum absolute atomic E-state index is 10.9. The Morgan fingerprint density at radius 2 is 1.76 bits per heavy atom. The van der Waals surface area contributed by atoms with Gasteiger partial charge in [0.25, 0.3) is 0 Å². The lowest BCUT2D eigenvalue weighted by molar-refractivity contribution is -0.140. The third-order valence-electron chi connectivity index (χ3n) is 3.31. The molecule has 0 aromatic carbocycles. The maximum atomic E-state index is 10.9. The number of esters is 1. The van der Waals surface area contributed by atoms with Crippen molar-refractivity contribution in [2.24, 2.45) is 0 Å². The van der Waals surface area contributed by atoms with Crippen molar-refractivity contribution in [1.82, 2.24) is 0 Å². The van der Waals surface area contributed by atoms with Crippen LogP contribution in [0.25, 0.3) is 0 Å². The highest BCUT2D eigenvalue weighted by Crippen LogP contribution is 2.36. The van der Waals surface area contributed by atoms with Crippen molar-refractivity contribution in [3.63, 3.8) is 0 Å². The Morgan fingerprint density at radius 1 is 1.24 bits per heavy atom. The third-order valence-corrected chi connectivity index (χ3v) is 3.31. The van der Waals surface area contributed by atoms with E-state index in [9.17, 15) is 4.79 Å². The van der Waals surface area contributed by atoms with Crippen LogP contribution in [-0.4, -0.2) is 31.4 Å². The molecule has 1 aliphatic rings. The van der Waals surface area contributed by atoms with Gasteiger partial charge in [-0.05, 0) is 34.1 Å². The fourth-order valence-electron chi connectivity index (χ4n) is 1.48. The van der Waals surface area contributed by atoms with Crippen LogP contribution in [0.15, 0.2) is 12.1 Å². The average molecular weight is 240 g/mol. The second kappa shape index (κ2) is 5.23. The first kappa shape index (κ1) is 14.3. The van der Waals surface area contributed by atoms with Gasteiger partial charge in [0.2, 0.25) is 0 Å². The predicted octanol–water partition coefficient (Wildman–Crippen LogP) is 2.13. The van der Waals surface area contributed by atoms with Gasteiger partial charge in [0.1, 0.15) is 0 Å². The molecule has 0 atom stereocenters. The first-order valence-electron chi connectivity index (χ1n) is 5.87. The van der Waals surface area contributed by atoms with Gasteiger partial charge in [0.05, 0.1) is 18.3 Å². The Kier molecular flexibility index (Phi) is 4.39. The lowest BCUT2D eigenvalue weighted by Gasteiger charge is -2.32. The number of carbonyl (C=O) groups is 1. The number of hydrogen-bond donors (Lipinski definition) is 0. The van der Waals surface area contributed by atoms with Gasteiger partial charge in [-0.2, -0.15) is 0 Å². The Labute approximate surface area is 103 Å². The minimum Gasteiger partial charge on any atom is -0.469 e. The van der Waals surface area contributed by atoms with E-state index in [0.29, 0.717) is 12.8 Å². The van der Waals surface area contributed by atoms with Crippen LogP contribution >= 0.6 is 0 Å². The minimum atomic E-state index is -0.336. The molecule has 1 rings (SSSR count). The van der Waals surface area contributed by atoms with E-state index in [1.165, 1.54) is 7.11 Å². The number of ether oxygens (including phenoxy) is 1. The highest BCUT2D eigenvalue weighted by Gasteiger charge is 2.49. The van der Waals surface area contributed by atoms with E-state index in [1.54, 1.807) is 0 Å². The fraction of sp³-hybridized carbons (Fsp3) is 0.750. The Balaban J connectivity index is 2.40. The van der Waals surface area contributed by atoms with Gasteiger partial charge < -0.3 is 14.0 Å². The maximum Gasteiger partial charge on any atom is 0.486 e. The Morgan fingerprint density at radius 3 is 2.24 bits per heavy atom. The van der Waals surface area contributed by atoms with Gasteiger partial charge in [-0.15, -0.1) is 0 Å². The molecule has 0 bridgehead atoms. The number of carbonyl (C=O) groups excluding carboxylic acids is 1. The summed E-state index contributed by atoms with van der Waals surface area (Å²) in [4.78, 5) is 10.9. The van der Waals surface area contributed by atoms with Crippen molar-refractivity contribution in [2.75, 3.05) is 7.11 Å². The highest BCUT2D eigenvalue weighted by molar-refractivity contribution is 6.51. The zero-order chi connectivity index (χ0) is 13.1. The molecule has 4 nitrogen and oxygen atoms in total. The minimum absolute atomic E-state index is 0.205. The summed E-state index contributed by atoms with van der Waals surface area (Å²) in [5, 5.41) is 0. The van der Waals surface area contributed by atoms with Gasteiger partial charge in [0, 0.05) is 6.42 Å². The molecule has 0 spiro atoms. The van der Waals surface area contributed by atoms with E-state index in [0.717, 1.165) is 0 Å². The molecule has 1 aliphatic heterocycles. The number of hydrogen-bond acceptors (Lipinski definition) is 4. The molecule has 1 saturated heterocycles. The molecule has 0 unspecified atom stereocenters. The molecule has 1 heterocycles. The summed E-state index contributed by atoms with van der Waals surface area (Å²) in [6.45, 7) is 8.04. The van der Waals surface area contributed by atoms with Crippen LogP contribution in [0.5, 0.6) is 0 Å². The van der Waals surface area contributed by atoms with Crippen LogP contribution in [0, 0.1) is 0 Å². The Hall–Kier alpha value is -0.805. The largest absolute Gasteiger partial charge is 0.486 e. The average Bonchev–Trinajstić information content (AvgIpc) is 2.42. The van der Waals surface area contributed by atoms with E-state index in [2.05, 4.69) is 4.74 Å². The molecule has 0 N–H and O–H groups in total. The Bertz CT molecular complexity index is 294. The van der Waals surface area contributed by atoms with E-state index in [1.807, 2.05) is 39.7 Å². The summed E-state index contributed by atoms with van der Waals surface area (Å²) in [5.41, 5.74) is -0.630. The summed E-state index contributed by atoms with van der Waals surface area (Å²) in [5.74, 6) is 1.64. The normalized spacial score (nSPS) is 22.1. The molecule has 0 saturated carbocycles. The van der Waals surface area contributed by atoms with Gasteiger partial charge in [-0.25, -0.2) is 0 Å². The first-order valence-corrected chi connectivity index (χ1v) is 5.87. The van der Waals surface area contributed by atoms with Crippen molar-refractivity contribution < 1.29 is 18.8 Å². The van der Waals surface area contributed by atoms with Crippen LogP contribution in [-0.2, 0) is 18.8 Å². The fourth-order valence-corrected chi connectivity index (χ4v) is 1.48. The molecule has 96 valence electrons. The molecule has 17 heavy (non-hydrogen) atoms. The zero-order valence-corrected chi connectivity index (χ0v) is 11.3. The number of allylic oxidation sites excluding steroid dienone is 1. The van der Waals surface area contributed by atoms with Gasteiger partial charge in [-0.1, -0.05) is 12.1 Å². The molecule has 5 heteroatoms. The van der Waals surface area contributed by atoms with E-state index in [4.69, 9.17) is 9.31 Å². The van der Waals surface area contributed by atoms with Crippen molar-refractivity contribution in [2.45, 2.75) is 51.7 Å². The molecule has 0 aliphatic carbocycles. The summed E-state index contributed by atoms with van der Waals surface area (Å²) in [6.07, 6.45) is 2.91. The summed E-state index contributed by atoms with van der Waals surface area (Å²) in [6, 6.07) is 0. The smallest absolute Gasteiger partial charge is 0.469 e. The standard InChI is InChI=1S/C12H21BO4/c1-11(2)12(3,4)17-13(16-11)9-7-6-8-10(14)15-5/h7,9H,6,8H2,1-5H3/b9-7-. The summed E-state index contributed by atoms with van der Waals surface area (Å²) in [7, 11) is 1.05. The second-order valence-corrected chi connectivity index (χ2v) is 5.17. The van der Waals surface area contributed by atoms with E-state index in [-0.39, 0.29) is 24.3 Å². The van der Waals surface area contributed by atoms with Crippen LogP contribution in [0.4, 0.5) is 0 Å². The van der Waals surface area contributed by atoms with Gasteiger partial charge >= 0.3 is 13.1 Å². The van der Waals surface area contributed by atoms with Crippen molar-refractivity contribution >= 4 is 13.1 Å². The lowest BCUT2D eigenvalue weighted by Crippen LogP contribution is -2.41. The molecule has 0 radical (unpaired) electrons. The lowest BCUT2D eigenvalue weighted by atomic mass is 9.89. The second-order valence-electron chi connectivity index (χ2n) is 5.17. The van der Waals surface area contributed by atoms with Crippen molar-refractivity contribution in [1.29, 1.82) is 0 Å². The van der Waals surface area contributed by atoms with E-state index < -0.39 is 0 Å². The molecular weight excluding hydrogens is 219 g/mol. The van der Waals surface area contributed by atoms with Crippen LogP contribution < -0.4 is 0 Å². The van der Waals surface area contributed by atoms with Crippen molar-refractivity contribution in [3.8, 4) is 0 Å². The van der Waals surface area contributed by atoms with Crippen molar-refractivity contribution in [3.05, 3.63) is 12.1 Å². The van der Waals surface area contributed by atoms with Gasteiger partial charge in [0.15, 0.2) is 0 Å². The highest BCUT2D eigenvalue weighted by atomic mass is 16.7. The van der Waals surface area contributed by atoms with E-state index >= 15 is 0 Å². The molecule has 0 aromatic rings. The first-order chi connectivity index (χ1) is 7.78. The molecule has 1 fully saturated rings. The molecule has 0 amide bonds. The number of rotatable bonds is 4. The summed E-state index contributed by atoms with van der Waals surface area (Å²) >= 11 is 0. The quantitative estimate of drug-likeness (QED) is 0.557. The zero-order valence-electron chi connectivity index (χ0n) is 11.3. The SMILES string of the molecule is COC(=O)CC/C=C\B1OC(C)(C)C(C)(C)O1. The predicted molar refractivity (Wildman–Crippen MR) is 66.5 cm³/mol. The molecular formula is C12H21BO4. The topological polar surface area (TPSA) is 44.8 Å². The van der Waals surface area contributed by atoms with Crippen LogP contribution in [0.2, 0.25) is 0 Å². The van der Waals surface area contributed by atoms with Gasteiger partial charge in [-0.3, -0.25) is 4.79 Å².